The highest BCUT2D eigenvalue weighted by atomic mass is 32.2. The average molecular weight is 395 g/mol. The lowest BCUT2D eigenvalue weighted by molar-refractivity contribution is -0.137. The van der Waals surface area contributed by atoms with E-state index in [0.29, 0.717) is 17.7 Å². The molecule has 1 aromatic rings. The largest absolute Gasteiger partial charge is 0.484 e. The first kappa shape index (κ1) is 19.7. The van der Waals surface area contributed by atoms with E-state index in [1.54, 1.807) is 29.2 Å². The number of benzene rings is 1. The molecule has 148 valence electrons. The van der Waals surface area contributed by atoms with Gasteiger partial charge in [0.25, 0.3) is 5.91 Å². The number of hydrogen-bond acceptors (Lipinski definition) is 6. The molecular weight excluding hydrogens is 370 g/mol. The summed E-state index contributed by atoms with van der Waals surface area (Å²) >= 11 is 0. The summed E-state index contributed by atoms with van der Waals surface area (Å²) in [5.74, 6) is 0.0440. The lowest BCUT2D eigenvalue weighted by Gasteiger charge is -2.34. The van der Waals surface area contributed by atoms with E-state index in [1.165, 1.54) is 7.11 Å². The van der Waals surface area contributed by atoms with E-state index < -0.39 is 15.8 Å². The highest BCUT2D eigenvalue weighted by Gasteiger charge is 2.39. The Morgan fingerprint density at radius 1 is 1.07 bits per heavy atom. The van der Waals surface area contributed by atoms with Gasteiger partial charge in [-0.05, 0) is 43.5 Å². The Morgan fingerprint density at radius 2 is 1.74 bits per heavy atom. The second-order valence-electron chi connectivity index (χ2n) is 7.10. The van der Waals surface area contributed by atoms with Gasteiger partial charge in [0.15, 0.2) is 16.4 Å². The SMILES string of the molecule is COC(=O)c1ccc(OCC(=O)N(C2CCCC2)[C@H]2CCS(=O)(=O)C2)cc1. The lowest BCUT2D eigenvalue weighted by atomic mass is 10.1. The maximum Gasteiger partial charge on any atom is 0.337 e. The van der Waals surface area contributed by atoms with Crippen molar-refractivity contribution in [3.63, 3.8) is 0 Å². The lowest BCUT2D eigenvalue weighted by Crippen LogP contribution is -2.48. The summed E-state index contributed by atoms with van der Waals surface area (Å²) in [4.78, 5) is 26.1. The van der Waals surface area contributed by atoms with Crippen LogP contribution in [0.3, 0.4) is 0 Å². The van der Waals surface area contributed by atoms with Crippen LogP contribution in [-0.2, 0) is 19.4 Å². The third-order valence-corrected chi connectivity index (χ3v) is 7.00. The first-order valence-corrected chi connectivity index (χ1v) is 11.0. The number of methoxy groups -OCH3 is 1. The number of sulfone groups is 1. The molecule has 0 aromatic heterocycles. The van der Waals surface area contributed by atoms with Gasteiger partial charge in [0, 0.05) is 12.1 Å². The Hall–Kier alpha value is -2.09. The van der Waals surface area contributed by atoms with Crippen LogP contribution in [-0.4, -0.2) is 62.5 Å². The van der Waals surface area contributed by atoms with E-state index in [1.807, 2.05) is 0 Å². The van der Waals surface area contributed by atoms with Crippen LogP contribution >= 0.6 is 0 Å². The predicted octanol–water partition coefficient (Wildman–Crippen LogP) is 1.81. The van der Waals surface area contributed by atoms with Gasteiger partial charge < -0.3 is 14.4 Å². The molecule has 1 amide bonds. The predicted molar refractivity (Wildman–Crippen MR) is 99.4 cm³/mol. The first-order valence-electron chi connectivity index (χ1n) is 9.22. The molecule has 0 bridgehead atoms. The van der Waals surface area contributed by atoms with Crippen LogP contribution in [0.15, 0.2) is 24.3 Å². The molecule has 8 heteroatoms. The highest BCUT2D eigenvalue weighted by molar-refractivity contribution is 7.91. The topological polar surface area (TPSA) is 90.0 Å². The maximum absolute atomic E-state index is 12.9. The molecule has 0 unspecified atom stereocenters. The minimum absolute atomic E-state index is 0.0447. The molecule has 1 aliphatic carbocycles. The summed E-state index contributed by atoms with van der Waals surface area (Å²) in [5.41, 5.74) is 0.403. The number of nitrogens with zero attached hydrogens (tertiary/aromatic N) is 1. The number of carbonyl (C=O) groups excluding carboxylic acids is 2. The molecule has 0 spiro atoms. The van der Waals surface area contributed by atoms with Crippen molar-refractivity contribution in [2.24, 2.45) is 0 Å². The third-order valence-electron chi connectivity index (χ3n) is 5.25. The van der Waals surface area contributed by atoms with Crippen molar-refractivity contribution in [2.45, 2.75) is 44.2 Å². The monoisotopic (exact) mass is 395 g/mol. The van der Waals surface area contributed by atoms with Gasteiger partial charge in [-0.15, -0.1) is 0 Å². The molecule has 3 rings (SSSR count). The molecule has 0 N–H and O–H groups in total. The van der Waals surface area contributed by atoms with Gasteiger partial charge in [0.05, 0.1) is 24.2 Å². The van der Waals surface area contributed by atoms with Crippen molar-refractivity contribution < 1.29 is 27.5 Å². The molecule has 2 fully saturated rings. The number of esters is 1. The van der Waals surface area contributed by atoms with Crippen LogP contribution in [0.2, 0.25) is 0 Å². The molecule has 1 atom stereocenters. The van der Waals surface area contributed by atoms with Crippen molar-refractivity contribution in [3.05, 3.63) is 29.8 Å². The van der Waals surface area contributed by atoms with Gasteiger partial charge in [-0.3, -0.25) is 4.79 Å². The Labute approximate surface area is 159 Å². The zero-order valence-corrected chi connectivity index (χ0v) is 16.2. The van der Waals surface area contributed by atoms with E-state index in [-0.39, 0.29) is 36.1 Å². The minimum Gasteiger partial charge on any atom is -0.484 e. The third kappa shape index (κ3) is 4.80. The number of carbonyl (C=O) groups is 2. The maximum atomic E-state index is 12.9. The van der Waals surface area contributed by atoms with Crippen LogP contribution in [0.25, 0.3) is 0 Å². The van der Waals surface area contributed by atoms with Gasteiger partial charge in [0.2, 0.25) is 0 Å². The van der Waals surface area contributed by atoms with E-state index in [2.05, 4.69) is 4.74 Å². The first-order chi connectivity index (χ1) is 12.9. The average Bonchev–Trinajstić information content (AvgIpc) is 3.30. The summed E-state index contributed by atoms with van der Waals surface area (Å²) in [6.45, 7) is -0.148. The van der Waals surface area contributed by atoms with Gasteiger partial charge >= 0.3 is 5.97 Å². The van der Waals surface area contributed by atoms with Crippen molar-refractivity contribution in [3.8, 4) is 5.75 Å². The fourth-order valence-corrected chi connectivity index (χ4v) is 5.62. The molecule has 27 heavy (non-hydrogen) atoms. The molecule has 1 aromatic carbocycles. The van der Waals surface area contributed by atoms with Crippen LogP contribution in [0, 0.1) is 0 Å². The summed E-state index contributed by atoms with van der Waals surface area (Å²) < 4.78 is 34.0. The summed E-state index contributed by atoms with van der Waals surface area (Å²) in [6, 6.07) is 6.21. The Kier molecular flexibility index (Phi) is 6.04. The second-order valence-corrected chi connectivity index (χ2v) is 9.33. The van der Waals surface area contributed by atoms with Crippen molar-refractivity contribution in [1.82, 2.24) is 4.90 Å². The highest BCUT2D eigenvalue weighted by Crippen LogP contribution is 2.29. The molecule has 2 aliphatic rings. The van der Waals surface area contributed by atoms with E-state index in [9.17, 15) is 18.0 Å². The summed E-state index contributed by atoms with van der Waals surface area (Å²) in [5, 5.41) is 0. The fraction of sp³-hybridized carbons (Fsp3) is 0.579. The summed E-state index contributed by atoms with van der Waals surface area (Å²) in [6.07, 6.45) is 4.44. The molecule has 1 saturated carbocycles. The fourth-order valence-electron chi connectivity index (χ4n) is 3.91. The quantitative estimate of drug-likeness (QED) is 0.683. The molecular formula is C19H25NO6S. The van der Waals surface area contributed by atoms with Crippen LogP contribution in [0.5, 0.6) is 5.75 Å². The number of amides is 1. The van der Waals surface area contributed by atoms with Crippen molar-refractivity contribution in [1.29, 1.82) is 0 Å². The Balaban J connectivity index is 1.65. The Bertz CT molecular complexity index is 783. The van der Waals surface area contributed by atoms with Crippen LogP contribution < -0.4 is 4.74 Å². The zero-order chi connectivity index (χ0) is 19.4. The summed E-state index contributed by atoms with van der Waals surface area (Å²) in [7, 11) is -1.75. The van der Waals surface area contributed by atoms with E-state index >= 15 is 0 Å². The second kappa shape index (κ2) is 8.29. The Morgan fingerprint density at radius 3 is 2.30 bits per heavy atom. The molecule has 1 saturated heterocycles. The van der Waals surface area contributed by atoms with Gasteiger partial charge in [-0.2, -0.15) is 0 Å². The van der Waals surface area contributed by atoms with Crippen LogP contribution in [0.4, 0.5) is 0 Å². The van der Waals surface area contributed by atoms with Gasteiger partial charge in [0.1, 0.15) is 5.75 Å². The van der Waals surface area contributed by atoms with Crippen molar-refractivity contribution >= 4 is 21.7 Å². The number of hydrogen-bond donors (Lipinski definition) is 0. The molecule has 1 heterocycles. The van der Waals surface area contributed by atoms with E-state index in [4.69, 9.17) is 4.74 Å². The molecule has 7 nitrogen and oxygen atoms in total. The number of rotatable bonds is 6. The smallest absolute Gasteiger partial charge is 0.337 e. The minimum atomic E-state index is -3.06. The van der Waals surface area contributed by atoms with Crippen LogP contribution in [0.1, 0.15) is 42.5 Å². The van der Waals surface area contributed by atoms with E-state index in [0.717, 1.165) is 25.7 Å². The van der Waals surface area contributed by atoms with Crippen molar-refractivity contribution in [2.75, 3.05) is 25.2 Å². The number of ether oxygens (including phenoxy) is 2. The standard InChI is InChI=1S/C19H25NO6S/c1-25-19(22)14-6-8-17(9-7-14)26-12-18(21)20(15-4-2-3-5-15)16-10-11-27(23,24)13-16/h6-9,15-16H,2-5,10-13H2,1H3/t16-/m0/s1. The normalized spacial score (nSPS) is 21.7. The zero-order valence-electron chi connectivity index (χ0n) is 15.4. The van der Waals surface area contributed by atoms with Gasteiger partial charge in [-0.25, -0.2) is 13.2 Å². The van der Waals surface area contributed by atoms with Gasteiger partial charge in [-0.1, -0.05) is 12.8 Å². The molecule has 0 radical (unpaired) electrons. The molecule has 1 aliphatic heterocycles.